The zero-order valence-electron chi connectivity index (χ0n) is 18.7. The lowest BCUT2D eigenvalue weighted by molar-refractivity contribution is 0.490. The molecule has 0 saturated carbocycles. The van der Waals surface area contributed by atoms with E-state index in [0.717, 1.165) is 5.92 Å². The maximum absolute atomic E-state index is 2.40. The van der Waals surface area contributed by atoms with E-state index in [9.17, 15) is 0 Å². The van der Waals surface area contributed by atoms with Gasteiger partial charge in [0.25, 0.3) is 0 Å². The molecule has 28 heavy (non-hydrogen) atoms. The Morgan fingerprint density at radius 1 is 0.536 bits per heavy atom. The van der Waals surface area contributed by atoms with Crippen molar-refractivity contribution < 1.29 is 0 Å². The maximum Gasteiger partial charge on any atom is -0.0149 e. The summed E-state index contributed by atoms with van der Waals surface area (Å²) in [5.74, 6) is 0.743. The number of hydrogen-bond acceptors (Lipinski definition) is 0. The molecule has 0 aliphatic heterocycles. The topological polar surface area (TPSA) is 0 Å². The van der Waals surface area contributed by atoms with E-state index < -0.39 is 0 Å². The van der Waals surface area contributed by atoms with E-state index in [1.807, 2.05) is 0 Å². The first kappa shape index (κ1) is 23.0. The summed E-state index contributed by atoms with van der Waals surface area (Å²) < 4.78 is 0. The highest BCUT2D eigenvalue weighted by atomic mass is 14.2. The number of rotatable bonds is 16. The minimum Gasteiger partial charge on any atom is -0.0654 e. The third-order valence-corrected chi connectivity index (χ3v) is 6.33. The average molecular weight is 381 g/mol. The van der Waals surface area contributed by atoms with Crippen LogP contribution in [-0.4, -0.2) is 0 Å². The van der Waals surface area contributed by atoms with Crippen LogP contribution in [-0.2, 0) is 0 Å². The molecule has 2 aromatic carbocycles. The molecule has 1 atom stereocenters. The first-order valence-electron chi connectivity index (χ1n) is 12.3. The van der Waals surface area contributed by atoms with Gasteiger partial charge in [0.1, 0.15) is 0 Å². The van der Waals surface area contributed by atoms with Crippen molar-refractivity contribution in [1.29, 1.82) is 0 Å². The van der Waals surface area contributed by atoms with Gasteiger partial charge in [0.15, 0.2) is 0 Å². The Kier molecular flexibility index (Phi) is 12.0. The van der Waals surface area contributed by atoms with E-state index in [2.05, 4.69) is 56.3 Å². The zero-order chi connectivity index (χ0) is 19.9. The van der Waals surface area contributed by atoms with E-state index in [1.165, 1.54) is 107 Å². The van der Waals surface area contributed by atoms with E-state index in [4.69, 9.17) is 0 Å². The summed E-state index contributed by atoms with van der Waals surface area (Å²) in [4.78, 5) is 0. The van der Waals surface area contributed by atoms with E-state index >= 15 is 0 Å². The molecule has 0 spiro atoms. The first-order chi connectivity index (χ1) is 13.9. The molecular weight excluding hydrogens is 336 g/mol. The zero-order valence-corrected chi connectivity index (χ0v) is 18.7. The Morgan fingerprint density at radius 3 is 1.68 bits per heavy atom. The molecule has 2 aromatic rings. The van der Waals surface area contributed by atoms with Gasteiger partial charge in [-0.2, -0.15) is 0 Å². The molecule has 0 heteroatoms. The van der Waals surface area contributed by atoms with E-state index in [0.29, 0.717) is 0 Å². The smallest absolute Gasteiger partial charge is 0.0149 e. The summed E-state index contributed by atoms with van der Waals surface area (Å²) >= 11 is 0. The molecule has 0 aromatic heterocycles. The summed E-state index contributed by atoms with van der Waals surface area (Å²) in [6, 6.07) is 15.9. The molecule has 1 unspecified atom stereocenters. The van der Waals surface area contributed by atoms with Gasteiger partial charge in [0.2, 0.25) is 0 Å². The van der Waals surface area contributed by atoms with Crippen LogP contribution in [0.25, 0.3) is 10.8 Å². The monoisotopic (exact) mass is 380 g/mol. The van der Waals surface area contributed by atoms with Crippen molar-refractivity contribution in [3.8, 4) is 0 Å². The molecule has 2 rings (SSSR count). The van der Waals surface area contributed by atoms with Gasteiger partial charge in [-0.3, -0.25) is 0 Å². The number of benzene rings is 2. The minimum atomic E-state index is 0.743. The van der Waals surface area contributed by atoms with Gasteiger partial charge >= 0.3 is 0 Å². The summed E-state index contributed by atoms with van der Waals surface area (Å²) in [7, 11) is 0. The van der Waals surface area contributed by atoms with Crippen molar-refractivity contribution in [2.24, 2.45) is 0 Å². The van der Waals surface area contributed by atoms with E-state index in [-0.39, 0.29) is 0 Å². The molecule has 0 saturated heterocycles. The fourth-order valence-electron chi connectivity index (χ4n) is 4.58. The van der Waals surface area contributed by atoms with Crippen LogP contribution >= 0.6 is 0 Å². The van der Waals surface area contributed by atoms with Gasteiger partial charge in [0, 0.05) is 0 Å². The highest BCUT2D eigenvalue weighted by Crippen LogP contribution is 2.33. The number of unbranched alkanes of at least 4 members (excludes halogenated alkanes) is 11. The lowest BCUT2D eigenvalue weighted by atomic mass is 9.85. The van der Waals surface area contributed by atoms with Gasteiger partial charge in [-0.1, -0.05) is 140 Å². The minimum absolute atomic E-state index is 0.743. The van der Waals surface area contributed by atoms with Crippen molar-refractivity contribution in [2.75, 3.05) is 0 Å². The van der Waals surface area contributed by atoms with Gasteiger partial charge in [0.05, 0.1) is 0 Å². The Morgan fingerprint density at radius 2 is 1.04 bits per heavy atom. The summed E-state index contributed by atoms with van der Waals surface area (Å²) in [5, 5.41) is 2.90. The standard InChI is InChI=1S/C28H44/c1-3-5-7-9-10-11-12-13-15-20-25(19-14-8-6-4-2)28-24-18-22-26-21-16-17-23-27(26)28/h16-18,21-25H,3-15,19-20H2,1-2H3. The second-order valence-electron chi connectivity index (χ2n) is 8.73. The van der Waals surface area contributed by atoms with Crippen molar-refractivity contribution in [2.45, 2.75) is 116 Å². The fraction of sp³-hybridized carbons (Fsp3) is 0.643. The molecule has 0 nitrogen and oxygen atoms in total. The molecule has 0 aliphatic rings. The predicted molar refractivity (Wildman–Crippen MR) is 127 cm³/mol. The molecule has 0 radical (unpaired) electrons. The number of fused-ring (bicyclic) bond motifs is 1. The second-order valence-corrected chi connectivity index (χ2v) is 8.73. The first-order valence-corrected chi connectivity index (χ1v) is 12.3. The highest BCUT2D eigenvalue weighted by molar-refractivity contribution is 5.86. The van der Waals surface area contributed by atoms with Crippen LogP contribution in [0.3, 0.4) is 0 Å². The van der Waals surface area contributed by atoms with Crippen molar-refractivity contribution in [1.82, 2.24) is 0 Å². The fourth-order valence-corrected chi connectivity index (χ4v) is 4.58. The Bertz CT molecular complexity index is 621. The highest BCUT2D eigenvalue weighted by Gasteiger charge is 2.14. The summed E-state index contributed by atoms with van der Waals surface area (Å²) in [6.45, 7) is 4.61. The lowest BCUT2D eigenvalue weighted by Crippen LogP contribution is -2.01. The molecule has 0 N–H and O–H groups in total. The second kappa shape index (κ2) is 14.7. The predicted octanol–water partition coefficient (Wildman–Crippen LogP) is 9.81. The third-order valence-electron chi connectivity index (χ3n) is 6.33. The molecule has 156 valence electrons. The van der Waals surface area contributed by atoms with Crippen molar-refractivity contribution in [3.05, 3.63) is 48.0 Å². The van der Waals surface area contributed by atoms with Crippen LogP contribution in [0.1, 0.15) is 122 Å². The molecule has 0 amide bonds. The average Bonchev–Trinajstić information content (AvgIpc) is 2.73. The van der Waals surface area contributed by atoms with Crippen LogP contribution < -0.4 is 0 Å². The van der Waals surface area contributed by atoms with Crippen molar-refractivity contribution >= 4 is 10.8 Å². The third kappa shape index (κ3) is 8.38. The number of hydrogen-bond donors (Lipinski definition) is 0. The van der Waals surface area contributed by atoms with Crippen LogP contribution in [0.5, 0.6) is 0 Å². The Balaban J connectivity index is 1.84. The molecule has 0 fully saturated rings. The normalized spacial score (nSPS) is 12.5. The lowest BCUT2D eigenvalue weighted by Gasteiger charge is -2.20. The molecule has 0 bridgehead atoms. The Hall–Kier alpha value is -1.30. The summed E-state index contributed by atoms with van der Waals surface area (Å²) in [6.07, 6.45) is 21.1. The Labute approximate surface area is 175 Å². The summed E-state index contributed by atoms with van der Waals surface area (Å²) in [5.41, 5.74) is 1.61. The maximum atomic E-state index is 2.40. The van der Waals surface area contributed by atoms with Gasteiger partial charge < -0.3 is 0 Å². The molecule has 0 aliphatic carbocycles. The van der Waals surface area contributed by atoms with E-state index in [1.54, 1.807) is 5.56 Å². The quantitative estimate of drug-likeness (QED) is 0.254. The van der Waals surface area contributed by atoms with Gasteiger partial charge in [-0.25, -0.2) is 0 Å². The van der Waals surface area contributed by atoms with Crippen LogP contribution in [0.4, 0.5) is 0 Å². The SMILES string of the molecule is CCCCCCCCCCCC(CCCCCC)c1cccc2ccccc12. The molecule has 0 heterocycles. The van der Waals surface area contributed by atoms with Crippen molar-refractivity contribution in [3.63, 3.8) is 0 Å². The van der Waals surface area contributed by atoms with Crippen LogP contribution in [0.15, 0.2) is 42.5 Å². The van der Waals surface area contributed by atoms with Crippen LogP contribution in [0.2, 0.25) is 0 Å². The largest absolute Gasteiger partial charge is 0.0654 e. The molecular formula is C28H44. The van der Waals surface area contributed by atoms with Crippen LogP contribution in [0, 0.1) is 0 Å². The van der Waals surface area contributed by atoms with Gasteiger partial charge in [-0.05, 0) is 35.1 Å². The van der Waals surface area contributed by atoms with Gasteiger partial charge in [-0.15, -0.1) is 0 Å².